The van der Waals surface area contributed by atoms with E-state index in [1.807, 2.05) is 0 Å². The molecule has 1 unspecified atom stereocenters. The van der Waals surface area contributed by atoms with Crippen molar-refractivity contribution < 1.29 is 37.4 Å². The van der Waals surface area contributed by atoms with E-state index in [1.54, 1.807) is 6.92 Å². The highest BCUT2D eigenvalue weighted by atomic mass is 19.4. The van der Waals surface area contributed by atoms with Crippen molar-refractivity contribution in [2.45, 2.75) is 38.4 Å². The number of alkyl halides is 3. The fraction of sp³-hybridized carbons (Fsp3) is 0.320. The van der Waals surface area contributed by atoms with Gasteiger partial charge in [0, 0.05) is 23.9 Å². The normalized spacial score (nSPS) is 15.6. The minimum Gasteiger partial charge on any atom is -0.465 e. The summed E-state index contributed by atoms with van der Waals surface area (Å²) in [5.74, 6) is 4.69. The number of nitrogens with one attached hydrogen (secondary N) is 1. The number of hydrogen-bond acceptors (Lipinski definition) is 7. The average Bonchev–Trinajstić information content (AvgIpc) is 3.25. The number of nitrogens with zero attached hydrogens (tertiary/aromatic N) is 4. The van der Waals surface area contributed by atoms with E-state index in [1.165, 1.54) is 29.2 Å². The number of carbonyl (C=O) groups is 3. The lowest BCUT2D eigenvalue weighted by Crippen LogP contribution is -2.39. The Hall–Kier alpha value is -4.62. The average molecular weight is 547 g/mol. The van der Waals surface area contributed by atoms with Gasteiger partial charge < -0.3 is 21.0 Å². The molecular formula is C25H25F3N6O5. The first kappa shape index (κ1) is 27.4. The SMILES string of the molecule is CCOC(=O)c1c(-c2ccc(C(=O)Nc3cc(C(F)(F)F)ccn3)cc2)nc(C2CCCCN2C(=O)O)n1N. The van der Waals surface area contributed by atoms with Gasteiger partial charge in [-0.3, -0.25) is 9.69 Å². The minimum atomic E-state index is -4.59. The lowest BCUT2D eigenvalue weighted by molar-refractivity contribution is -0.137. The lowest BCUT2D eigenvalue weighted by atomic mass is 10.0. The number of aromatic nitrogens is 3. The number of pyridine rings is 1. The molecule has 0 saturated carbocycles. The molecule has 0 spiro atoms. The van der Waals surface area contributed by atoms with E-state index in [-0.39, 0.29) is 35.2 Å². The number of imidazole rings is 1. The quantitative estimate of drug-likeness (QED) is 0.305. The van der Waals surface area contributed by atoms with Gasteiger partial charge in [0.05, 0.1) is 18.2 Å². The molecule has 3 aromatic rings. The van der Waals surface area contributed by atoms with Crippen molar-refractivity contribution in [3.63, 3.8) is 0 Å². The fourth-order valence-electron chi connectivity index (χ4n) is 4.35. The second-order valence-electron chi connectivity index (χ2n) is 8.70. The Morgan fingerprint density at radius 3 is 2.54 bits per heavy atom. The van der Waals surface area contributed by atoms with Crippen LogP contribution in [-0.4, -0.2) is 55.8 Å². The highest BCUT2D eigenvalue weighted by Crippen LogP contribution is 2.34. The zero-order valence-corrected chi connectivity index (χ0v) is 20.7. The zero-order chi connectivity index (χ0) is 28.3. The molecule has 0 bridgehead atoms. The van der Waals surface area contributed by atoms with Crippen molar-refractivity contribution in [1.29, 1.82) is 0 Å². The monoisotopic (exact) mass is 546 g/mol. The van der Waals surface area contributed by atoms with Gasteiger partial charge in [0.15, 0.2) is 11.5 Å². The van der Waals surface area contributed by atoms with E-state index in [9.17, 15) is 32.7 Å². The van der Waals surface area contributed by atoms with Crippen LogP contribution in [-0.2, 0) is 10.9 Å². The Kier molecular flexibility index (Phi) is 7.74. The number of ether oxygens (including phenoxy) is 1. The number of hydrogen-bond donors (Lipinski definition) is 3. The maximum Gasteiger partial charge on any atom is 0.416 e. The molecule has 39 heavy (non-hydrogen) atoms. The standard InChI is InChI=1S/C25H25F3N6O5/c1-2-39-23(36)20-19(32-21(34(20)29)17-5-3-4-12-33(17)24(37)38)14-6-8-15(9-7-14)22(35)31-18-13-16(10-11-30-18)25(26,27)28/h6-11,13,17H,2-5,12,29H2,1H3,(H,37,38)(H,30,31,35). The van der Waals surface area contributed by atoms with E-state index in [4.69, 9.17) is 10.6 Å². The van der Waals surface area contributed by atoms with Crippen LogP contribution in [0.15, 0.2) is 42.6 Å². The van der Waals surface area contributed by atoms with Crippen LogP contribution >= 0.6 is 0 Å². The summed E-state index contributed by atoms with van der Waals surface area (Å²) in [6, 6.07) is 6.60. The Labute approximate surface area is 220 Å². The summed E-state index contributed by atoms with van der Waals surface area (Å²) in [5, 5.41) is 12.0. The Morgan fingerprint density at radius 1 is 1.18 bits per heavy atom. The summed E-state index contributed by atoms with van der Waals surface area (Å²) < 4.78 is 45.1. The minimum absolute atomic E-state index is 0.0617. The van der Waals surface area contributed by atoms with Gasteiger partial charge in [-0.25, -0.2) is 24.2 Å². The van der Waals surface area contributed by atoms with Gasteiger partial charge in [-0.15, -0.1) is 0 Å². The number of carbonyl (C=O) groups excluding carboxylic acids is 2. The van der Waals surface area contributed by atoms with Crippen LogP contribution in [0.5, 0.6) is 0 Å². The number of piperidine rings is 1. The summed E-state index contributed by atoms with van der Waals surface area (Å²) in [6.07, 6.45) is -2.89. The van der Waals surface area contributed by atoms with Crippen molar-refractivity contribution in [1.82, 2.24) is 19.5 Å². The van der Waals surface area contributed by atoms with Crippen molar-refractivity contribution in [3.8, 4) is 11.3 Å². The first-order chi connectivity index (χ1) is 18.5. The molecule has 14 heteroatoms. The van der Waals surface area contributed by atoms with Crippen LogP contribution in [0.1, 0.15) is 64.5 Å². The summed E-state index contributed by atoms with van der Waals surface area (Å²) in [6.45, 7) is 1.98. The maximum atomic E-state index is 13.0. The summed E-state index contributed by atoms with van der Waals surface area (Å²) in [5.41, 5.74) is -0.425. The van der Waals surface area contributed by atoms with E-state index < -0.39 is 35.8 Å². The van der Waals surface area contributed by atoms with Gasteiger partial charge in [-0.05, 0) is 50.5 Å². The molecule has 0 radical (unpaired) electrons. The molecule has 4 rings (SSSR count). The molecule has 1 fully saturated rings. The van der Waals surface area contributed by atoms with Gasteiger partial charge in [-0.2, -0.15) is 13.2 Å². The molecule has 0 aliphatic carbocycles. The van der Waals surface area contributed by atoms with E-state index in [0.717, 1.165) is 29.4 Å². The van der Waals surface area contributed by atoms with Crippen LogP contribution in [0.25, 0.3) is 11.3 Å². The van der Waals surface area contributed by atoms with Gasteiger partial charge in [-0.1, -0.05) is 12.1 Å². The highest BCUT2D eigenvalue weighted by Gasteiger charge is 2.35. The highest BCUT2D eigenvalue weighted by molar-refractivity contribution is 6.04. The number of nitrogen functional groups attached to an aromatic ring is 1. The van der Waals surface area contributed by atoms with Crippen LogP contribution in [0.3, 0.4) is 0 Å². The fourth-order valence-corrected chi connectivity index (χ4v) is 4.35. The smallest absolute Gasteiger partial charge is 0.416 e. The van der Waals surface area contributed by atoms with Gasteiger partial charge in [0.1, 0.15) is 11.5 Å². The molecule has 1 aliphatic heterocycles. The number of halogens is 3. The number of amides is 2. The predicted molar refractivity (Wildman–Crippen MR) is 132 cm³/mol. The number of benzene rings is 1. The first-order valence-corrected chi connectivity index (χ1v) is 12.0. The Morgan fingerprint density at radius 2 is 1.90 bits per heavy atom. The molecular weight excluding hydrogens is 521 g/mol. The third kappa shape index (κ3) is 5.78. The first-order valence-electron chi connectivity index (χ1n) is 12.0. The molecule has 1 aliphatic rings. The molecule has 206 valence electrons. The van der Waals surface area contributed by atoms with Gasteiger partial charge in [0.2, 0.25) is 0 Å². The summed E-state index contributed by atoms with van der Waals surface area (Å²) in [4.78, 5) is 46.8. The third-order valence-corrected chi connectivity index (χ3v) is 6.20. The number of nitrogens with two attached hydrogens (primary N) is 1. The maximum absolute atomic E-state index is 13.0. The van der Waals surface area contributed by atoms with E-state index in [2.05, 4.69) is 15.3 Å². The van der Waals surface area contributed by atoms with Crippen LogP contribution < -0.4 is 11.2 Å². The van der Waals surface area contributed by atoms with E-state index in [0.29, 0.717) is 24.9 Å². The second kappa shape index (κ2) is 11.0. The molecule has 11 nitrogen and oxygen atoms in total. The van der Waals surface area contributed by atoms with Crippen molar-refractivity contribution in [3.05, 3.63) is 65.2 Å². The predicted octanol–water partition coefficient (Wildman–Crippen LogP) is 4.31. The number of carboxylic acid groups (broad SMARTS) is 1. The van der Waals surface area contributed by atoms with Crippen LogP contribution in [0, 0.1) is 0 Å². The van der Waals surface area contributed by atoms with Crippen molar-refractivity contribution in [2.75, 3.05) is 24.3 Å². The Balaban J connectivity index is 1.65. The molecule has 1 atom stereocenters. The molecule has 3 heterocycles. The van der Waals surface area contributed by atoms with Crippen LogP contribution in [0.4, 0.5) is 23.8 Å². The zero-order valence-electron chi connectivity index (χ0n) is 20.7. The van der Waals surface area contributed by atoms with Crippen LogP contribution in [0.2, 0.25) is 0 Å². The molecule has 1 saturated heterocycles. The lowest BCUT2D eigenvalue weighted by Gasteiger charge is -2.32. The number of anilines is 1. The summed E-state index contributed by atoms with van der Waals surface area (Å²) in [7, 11) is 0. The Bertz CT molecular complexity index is 1390. The van der Waals surface area contributed by atoms with Crippen molar-refractivity contribution in [2.24, 2.45) is 0 Å². The van der Waals surface area contributed by atoms with Crippen molar-refractivity contribution >= 4 is 23.8 Å². The van der Waals surface area contributed by atoms with Gasteiger partial charge >= 0.3 is 18.2 Å². The molecule has 2 aromatic heterocycles. The molecule has 4 N–H and O–H groups in total. The molecule has 2 amide bonds. The summed E-state index contributed by atoms with van der Waals surface area (Å²) >= 11 is 0. The number of likely N-dealkylation sites (tertiary alicyclic amines) is 1. The van der Waals surface area contributed by atoms with E-state index >= 15 is 0 Å². The third-order valence-electron chi connectivity index (χ3n) is 6.20. The topological polar surface area (TPSA) is 153 Å². The molecule has 1 aromatic carbocycles. The largest absolute Gasteiger partial charge is 0.465 e. The second-order valence-corrected chi connectivity index (χ2v) is 8.70. The van der Waals surface area contributed by atoms with Gasteiger partial charge in [0.25, 0.3) is 5.91 Å². The number of esters is 1. The number of rotatable bonds is 6.